The molecule has 5 heteroatoms. The number of ether oxygens (including phenoxy) is 2. The molecule has 0 bridgehead atoms. The van der Waals surface area contributed by atoms with Crippen LogP contribution in [-0.2, 0) is 16.1 Å². The summed E-state index contributed by atoms with van der Waals surface area (Å²) in [5.41, 5.74) is 1.01. The van der Waals surface area contributed by atoms with E-state index < -0.39 is 0 Å². The summed E-state index contributed by atoms with van der Waals surface area (Å²) in [6.07, 6.45) is 3.61. The van der Waals surface area contributed by atoms with E-state index in [4.69, 9.17) is 9.47 Å². The van der Waals surface area contributed by atoms with Crippen LogP contribution >= 0.6 is 0 Å². The van der Waals surface area contributed by atoms with Gasteiger partial charge < -0.3 is 19.7 Å². The maximum absolute atomic E-state index is 12.2. The summed E-state index contributed by atoms with van der Waals surface area (Å²) in [4.78, 5) is 14.0. The van der Waals surface area contributed by atoms with Crippen LogP contribution in [0.5, 0.6) is 0 Å². The SMILES string of the molecule is CC1CCC(NCC2CN(C(=O)OCc3ccccc3)CCO2)C1. The lowest BCUT2D eigenvalue weighted by molar-refractivity contribution is -0.0279. The van der Waals surface area contributed by atoms with E-state index in [0.29, 0.717) is 32.3 Å². The van der Waals surface area contributed by atoms with Crippen LogP contribution in [0.15, 0.2) is 30.3 Å². The Bertz CT molecular complexity index is 523. The van der Waals surface area contributed by atoms with Gasteiger partial charge in [0.05, 0.1) is 19.3 Å². The highest BCUT2D eigenvalue weighted by molar-refractivity contribution is 5.67. The van der Waals surface area contributed by atoms with Crippen molar-refractivity contribution in [1.82, 2.24) is 10.2 Å². The zero-order valence-corrected chi connectivity index (χ0v) is 14.4. The van der Waals surface area contributed by atoms with E-state index in [1.54, 1.807) is 4.90 Å². The number of amides is 1. The van der Waals surface area contributed by atoms with Crippen LogP contribution in [0.3, 0.4) is 0 Å². The summed E-state index contributed by atoms with van der Waals surface area (Å²) in [5, 5.41) is 3.60. The largest absolute Gasteiger partial charge is 0.445 e. The summed E-state index contributed by atoms with van der Waals surface area (Å²) in [6, 6.07) is 10.4. The molecule has 1 heterocycles. The first-order valence-corrected chi connectivity index (χ1v) is 9.01. The molecular weight excluding hydrogens is 304 g/mol. The molecule has 0 radical (unpaired) electrons. The molecule has 0 spiro atoms. The average molecular weight is 332 g/mol. The van der Waals surface area contributed by atoms with Crippen molar-refractivity contribution in [2.45, 2.75) is 44.9 Å². The average Bonchev–Trinajstić information content (AvgIpc) is 3.04. The van der Waals surface area contributed by atoms with Gasteiger partial charge in [-0.3, -0.25) is 0 Å². The lowest BCUT2D eigenvalue weighted by Crippen LogP contribution is -2.50. The molecule has 2 aliphatic rings. The highest BCUT2D eigenvalue weighted by Crippen LogP contribution is 2.24. The topological polar surface area (TPSA) is 50.8 Å². The molecular formula is C19H28N2O3. The molecule has 1 aliphatic carbocycles. The van der Waals surface area contributed by atoms with Crippen LogP contribution in [0.4, 0.5) is 4.79 Å². The van der Waals surface area contributed by atoms with E-state index in [-0.39, 0.29) is 12.2 Å². The zero-order chi connectivity index (χ0) is 16.8. The molecule has 1 aromatic carbocycles. The fourth-order valence-corrected chi connectivity index (χ4v) is 3.51. The molecule has 5 nitrogen and oxygen atoms in total. The normalized spacial score (nSPS) is 27.2. The molecule has 0 aromatic heterocycles. The van der Waals surface area contributed by atoms with Gasteiger partial charge in [-0.05, 0) is 30.7 Å². The van der Waals surface area contributed by atoms with Gasteiger partial charge >= 0.3 is 6.09 Å². The second kappa shape index (κ2) is 8.49. The number of benzene rings is 1. The van der Waals surface area contributed by atoms with E-state index in [1.807, 2.05) is 30.3 Å². The molecule has 132 valence electrons. The number of nitrogens with one attached hydrogen (secondary N) is 1. The molecule has 1 saturated heterocycles. The molecule has 1 amide bonds. The van der Waals surface area contributed by atoms with Crippen molar-refractivity contribution < 1.29 is 14.3 Å². The Morgan fingerprint density at radius 3 is 2.92 bits per heavy atom. The summed E-state index contributed by atoms with van der Waals surface area (Å²) in [7, 11) is 0. The first kappa shape index (κ1) is 17.2. The second-order valence-corrected chi connectivity index (χ2v) is 7.00. The molecule has 1 aliphatic heterocycles. The van der Waals surface area contributed by atoms with Crippen LogP contribution in [-0.4, -0.2) is 49.4 Å². The van der Waals surface area contributed by atoms with E-state index in [0.717, 1.165) is 18.0 Å². The first-order chi connectivity index (χ1) is 11.7. The fourth-order valence-electron chi connectivity index (χ4n) is 3.51. The van der Waals surface area contributed by atoms with E-state index in [1.165, 1.54) is 19.3 Å². The van der Waals surface area contributed by atoms with Gasteiger partial charge in [-0.25, -0.2) is 4.79 Å². The number of morpholine rings is 1. The smallest absolute Gasteiger partial charge is 0.410 e. The van der Waals surface area contributed by atoms with Crippen LogP contribution < -0.4 is 5.32 Å². The minimum atomic E-state index is -0.248. The third kappa shape index (κ3) is 4.95. The number of hydrogen-bond donors (Lipinski definition) is 1. The Morgan fingerprint density at radius 1 is 1.33 bits per heavy atom. The van der Waals surface area contributed by atoms with Gasteiger partial charge in [0.2, 0.25) is 0 Å². The van der Waals surface area contributed by atoms with Crippen molar-refractivity contribution in [2.24, 2.45) is 5.92 Å². The summed E-state index contributed by atoms with van der Waals surface area (Å²) < 4.78 is 11.2. The lowest BCUT2D eigenvalue weighted by Gasteiger charge is -2.33. The Hall–Kier alpha value is -1.59. The van der Waals surface area contributed by atoms with E-state index in [9.17, 15) is 4.79 Å². The van der Waals surface area contributed by atoms with Crippen LogP contribution in [0.1, 0.15) is 31.7 Å². The van der Waals surface area contributed by atoms with Crippen molar-refractivity contribution in [3.05, 3.63) is 35.9 Å². The quantitative estimate of drug-likeness (QED) is 0.901. The minimum Gasteiger partial charge on any atom is -0.445 e. The summed E-state index contributed by atoms with van der Waals surface area (Å²) in [5.74, 6) is 0.819. The Kier molecular flexibility index (Phi) is 6.10. The van der Waals surface area contributed by atoms with Crippen LogP contribution in [0.2, 0.25) is 0 Å². The van der Waals surface area contributed by atoms with Gasteiger partial charge in [-0.2, -0.15) is 0 Å². The van der Waals surface area contributed by atoms with Gasteiger partial charge in [0.15, 0.2) is 0 Å². The zero-order valence-electron chi connectivity index (χ0n) is 14.4. The van der Waals surface area contributed by atoms with Crippen molar-refractivity contribution >= 4 is 6.09 Å². The molecule has 3 rings (SSSR count). The second-order valence-electron chi connectivity index (χ2n) is 7.00. The molecule has 3 atom stereocenters. The number of rotatable bonds is 5. The fraction of sp³-hybridized carbons (Fsp3) is 0.632. The maximum atomic E-state index is 12.2. The van der Waals surface area contributed by atoms with E-state index in [2.05, 4.69) is 12.2 Å². The van der Waals surface area contributed by atoms with Gasteiger partial charge in [-0.15, -0.1) is 0 Å². The van der Waals surface area contributed by atoms with Crippen molar-refractivity contribution in [3.63, 3.8) is 0 Å². The maximum Gasteiger partial charge on any atom is 0.410 e. The predicted octanol–water partition coefficient (Wildman–Crippen LogP) is 2.80. The number of hydrogen-bond acceptors (Lipinski definition) is 4. The molecule has 1 N–H and O–H groups in total. The Morgan fingerprint density at radius 2 is 2.17 bits per heavy atom. The standard InChI is InChI=1S/C19H28N2O3/c1-15-7-8-17(11-15)20-12-18-13-21(9-10-23-18)19(22)24-14-16-5-3-2-4-6-16/h2-6,15,17-18,20H,7-14H2,1H3. The third-order valence-electron chi connectivity index (χ3n) is 4.93. The van der Waals surface area contributed by atoms with Crippen LogP contribution in [0.25, 0.3) is 0 Å². The van der Waals surface area contributed by atoms with E-state index >= 15 is 0 Å². The molecule has 2 fully saturated rings. The minimum absolute atomic E-state index is 0.0546. The molecule has 24 heavy (non-hydrogen) atoms. The summed E-state index contributed by atoms with van der Waals surface area (Å²) >= 11 is 0. The number of carbonyl (C=O) groups is 1. The van der Waals surface area contributed by atoms with Crippen molar-refractivity contribution in [1.29, 1.82) is 0 Å². The Balaban J connectivity index is 1.40. The van der Waals surface area contributed by atoms with Crippen molar-refractivity contribution in [3.8, 4) is 0 Å². The monoisotopic (exact) mass is 332 g/mol. The van der Waals surface area contributed by atoms with Gasteiger partial charge in [0.1, 0.15) is 6.61 Å². The third-order valence-corrected chi connectivity index (χ3v) is 4.93. The molecule has 3 unspecified atom stereocenters. The van der Waals surface area contributed by atoms with Gasteiger partial charge in [0, 0.05) is 19.1 Å². The number of nitrogens with zero attached hydrogens (tertiary/aromatic N) is 1. The number of carbonyl (C=O) groups excluding carboxylic acids is 1. The highest BCUT2D eigenvalue weighted by atomic mass is 16.6. The Labute approximate surface area is 144 Å². The summed E-state index contributed by atoms with van der Waals surface area (Å²) in [6.45, 7) is 5.21. The predicted molar refractivity (Wildman–Crippen MR) is 92.7 cm³/mol. The first-order valence-electron chi connectivity index (χ1n) is 9.01. The van der Waals surface area contributed by atoms with Crippen LogP contribution in [0, 0.1) is 5.92 Å². The van der Waals surface area contributed by atoms with Gasteiger partial charge in [0.25, 0.3) is 0 Å². The highest BCUT2D eigenvalue weighted by Gasteiger charge is 2.27. The molecule has 1 aromatic rings. The van der Waals surface area contributed by atoms with Crippen molar-refractivity contribution in [2.75, 3.05) is 26.2 Å². The lowest BCUT2D eigenvalue weighted by atomic mass is 10.1. The molecule has 1 saturated carbocycles. The van der Waals surface area contributed by atoms with Gasteiger partial charge in [-0.1, -0.05) is 37.3 Å².